The van der Waals surface area contributed by atoms with E-state index in [9.17, 15) is 8.42 Å². The van der Waals surface area contributed by atoms with E-state index >= 15 is 0 Å². The fraction of sp³-hybridized carbons (Fsp3) is 0.412. The first kappa shape index (κ1) is 17.3. The van der Waals surface area contributed by atoms with Crippen LogP contribution >= 0.6 is 11.6 Å². The van der Waals surface area contributed by atoms with Gasteiger partial charge in [0.25, 0.3) is 0 Å². The van der Waals surface area contributed by atoms with E-state index in [0.717, 1.165) is 41.6 Å². The zero-order valence-corrected chi connectivity index (χ0v) is 15.3. The molecule has 5 nitrogen and oxygen atoms in total. The van der Waals surface area contributed by atoms with Gasteiger partial charge in [0.2, 0.25) is 15.3 Å². The number of hydrogen-bond acceptors (Lipinski definition) is 4. The fourth-order valence-electron chi connectivity index (χ4n) is 2.68. The highest BCUT2D eigenvalue weighted by Crippen LogP contribution is 2.24. The summed E-state index contributed by atoms with van der Waals surface area (Å²) in [6.07, 6.45) is 5.10. The highest BCUT2D eigenvalue weighted by molar-refractivity contribution is 7.89. The molecule has 1 aromatic heterocycles. The molecule has 1 aliphatic carbocycles. The number of halogens is 1. The second kappa shape index (κ2) is 6.78. The van der Waals surface area contributed by atoms with Gasteiger partial charge in [-0.15, -0.1) is 0 Å². The van der Waals surface area contributed by atoms with Gasteiger partial charge in [-0.05, 0) is 61.0 Å². The van der Waals surface area contributed by atoms with E-state index < -0.39 is 10.0 Å². The Bertz CT molecular complexity index is 864. The Labute approximate surface area is 147 Å². The molecule has 0 unspecified atom stereocenters. The van der Waals surface area contributed by atoms with E-state index in [1.807, 2.05) is 26.0 Å². The third-order valence-electron chi connectivity index (χ3n) is 4.39. The van der Waals surface area contributed by atoms with E-state index in [2.05, 4.69) is 14.7 Å². The molecule has 2 aromatic rings. The average molecular weight is 366 g/mol. The van der Waals surface area contributed by atoms with Crippen LogP contribution in [0.25, 0.3) is 0 Å². The van der Waals surface area contributed by atoms with Gasteiger partial charge in [-0.2, -0.15) is 0 Å². The van der Waals surface area contributed by atoms with E-state index in [4.69, 9.17) is 11.6 Å². The molecule has 0 atom stereocenters. The summed E-state index contributed by atoms with van der Waals surface area (Å²) in [6, 6.07) is 5.56. The summed E-state index contributed by atoms with van der Waals surface area (Å²) < 4.78 is 28.0. The van der Waals surface area contributed by atoms with Gasteiger partial charge in [0.05, 0.1) is 10.6 Å². The molecule has 3 rings (SSSR count). The number of hydrogen-bond donors (Lipinski definition) is 1. The van der Waals surface area contributed by atoms with Crippen LogP contribution in [0.5, 0.6) is 0 Å². The molecule has 0 saturated heterocycles. The number of nitrogens with one attached hydrogen (secondary N) is 1. The van der Waals surface area contributed by atoms with Crippen molar-refractivity contribution in [1.82, 2.24) is 14.7 Å². The van der Waals surface area contributed by atoms with Crippen LogP contribution in [0.3, 0.4) is 0 Å². The molecular formula is C17H20ClN3O2S. The van der Waals surface area contributed by atoms with Gasteiger partial charge in [0.1, 0.15) is 0 Å². The number of benzene rings is 1. The number of nitrogens with zero attached hydrogens (tertiary/aromatic N) is 2. The van der Waals surface area contributed by atoms with Crippen molar-refractivity contribution in [3.63, 3.8) is 0 Å². The molecule has 1 fully saturated rings. The Morgan fingerprint density at radius 3 is 2.67 bits per heavy atom. The van der Waals surface area contributed by atoms with E-state index in [1.165, 1.54) is 0 Å². The van der Waals surface area contributed by atoms with Gasteiger partial charge in [-0.25, -0.2) is 23.1 Å². The Hall–Kier alpha value is -1.50. The largest absolute Gasteiger partial charge is 0.241 e. The lowest BCUT2D eigenvalue weighted by Crippen LogP contribution is -2.39. The van der Waals surface area contributed by atoms with Gasteiger partial charge in [-0.3, -0.25) is 0 Å². The van der Waals surface area contributed by atoms with Gasteiger partial charge in [-0.1, -0.05) is 18.6 Å². The second-order valence-electron chi connectivity index (χ2n) is 6.29. The highest BCUT2D eigenvalue weighted by atomic mass is 35.5. The van der Waals surface area contributed by atoms with Crippen molar-refractivity contribution in [2.24, 2.45) is 0 Å². The molecule has 1 aromatic carbocycles. The number of sulfonamides is 1. The normalized spacial score (nSPS) is 15.3. The van der Waals surface area contributed by atoms with Gasteiger partial charge < -0.3 is 0 Å². The van der Waals surface area contributed by atoms with Crippen molar-refractivity contribution >= 4 is 21.6 Å². The third-order valence-corrected chi connectivity index (χ3v) is 6.23. The monoisotopic (exact) mass is 365 g/mol. The average Bonchev–Trinajstić information content (AvgIpc) is 2.49. The lowest BCUT2D eigenvalue weighted by Gasteiger charge is -2.26. The van der Waals surface area contributed by atoms with Gasteiger partial charge >= 0.3 is 0 Å². The molecule has 0 aliphatic heterocycles. The fourth-order valence-corrected chi connectivity index (χ4v) is 4.43. The molecule has 1 N–H and O–H groups in total. The van der Waals surface area contributed by atoms with Crippen LogP contribution in [0, 0.1) is 13.8 Å². The van der Waals surface area contributed by atoms with E-state index in [1.54, 1.807) is 12.3 Å². The maximum atomic E-state index is 12.6. The molecule has 24 heavy (non-hydrogen) atoms. The second-order valence-corrected chi connectivity index (χ2v) is 8.31. The summed E-state index contributed by atoms with van der Waals surface area (Å²) in [7, 11) is -3.49. The predicted molar refractivity (Wildman–Crippen MR) is 93.7 cm³/mol. The summed E-state index contributed by atoms with van der Waals surface area (Å²) in [5.74, 6) is 0. The minimum Gasteiger partial charge on any atom is -0.226 e. The van der Waals surface area contributed by atoms with Gasteiger partial charge in [0.15, 0.2) is 0 Å². The SMILES string of the molecule is Cc1ccc(Cc2nc(Cl)ncc2C)cc1S(=O)(=O)NC1CCC1. The van der Waals surface area contributed by atoms with Gasteiger partial charge in [0, 0.05) is 18.7 Å². The molecule has 7 heteroatoms. The van der Waals surface area contributed by atoms with Crippen molar-refractivity contribution in [2.75, 3.05) is 0 Å². The lowest BCUT2D eigenvalue weighted by molar-refractivity contribution is 0.383. The molecule has 1 saturated carbocycles. The number of aryl methyl sites for hydroxylation is 2. The summed E-state index contributed by atoms with van der Waals surface area (Å²) >= 11 is 5.86. The van der Waals surface area contributed by atoms with Crippen molar-refractivity contribution in [3.05, 3.63) is 52.1 Å². The molecular weight excluding hydrogens is 346 g/mol. The molecule has 128 valence electrons. The number of aromatic nitrogens is 2. The molecule has 1 aliphatic rings. The van der Waals surface area contributed by atoms with Crippen LogP contribution < -0.4 is 4.72 Å². The summed E-state index contributed by atoms with van der Waals surface area (Å²) in [4.78, 5) is 8.53. The number of rotatable bonds is 5. The quantitative estimate of drug-likeness (QED) is 0.826. The maximum Gasteiger partial charge on any atom is 0.241 e. The van der Waals surface area contributed by atoms with Crippen LogP contribution in [-0.4, -0.2) is 24.4 Å². The van der Waals surface area contributed by atoms with E-state index in [0.29, 0.717) is 11.3 Å². The summed E-state index contributed by atoms with van der Waals surface area (Å²) in [6.45, 7) is 3.72. The van der Waals surface area contributed by atoms with Crippen molar-refractivity contribution in [1.29, 1.82) is 0 Å². The maximum absolute atomic E-state index is 12.6. The van der Waals surface area contributed by atoms with Crippen LogP contribution in [0.2, 0.25) is 5.28 Å². The van der Waals surface area contributed by atoms with E-state index in [-0.39, 0.29) is 11.3 Å². The van der Waals surface area contributed by atoms with Crippen molar-refractivity contribution < 1.29 is 8.42 Å². The molecule has 0 bridgehead atoms. The molecule has 1 heterocycles. The molecule has 0 radical (unpaired) electrons. The zero-order valence-electron chi connectivity index (χ0n) is 13.7. The first-order valence-corrected chi connectivity index (χ1v) is 9.81. The Kier molecular flexibility index (Phi) is 4.90. The van der Waals surface area contributed by atoms with Crippen LogP contribution in [0.4, 0.5) is 0 Å². The minimum absolute atomic E-state index is 0.0703. The summed E-state index contributed by atoms with van der Waals surface area (Å²) in [5.41, 5.74) is 3.35. The smallest absolute Gasteiger partial charge is 0.226 e. The standard InChI is InChI=1S/C17H20ClN3O2S/c1-11-6-7-13(8-15-12(2)10-19-17(18)20-15)9-16(11)24(22,23)21-14-4-3-5-14/h6-7,9-10,14,21H,3-5,8H2,1-2H3. The van der Waals surface area contributed by atoms with Crippen LogP contribution in [0.1, 0.15) is 41.6 Å². The van der Waals surface area contributed by atoms with Crippen LogP contribution in [-0.2, 0) is 16.4 Å². The Balaban J connectivity index is 1.89. The zero-order chi connectivity index (χ0) is 17.3. The highest BCUT2D eigenvalue weighted by Gasteiger charge is 2.26. The Morgan fingerprint density at radius 2 is 2.00 bits per heavy atom. The lowest BCUT2D eigenvalue weighted by atomic mass is 9.94. The predicted octanol–water partition coefficient (Wildman–Crippen LogP) is 3.17. The van der Waals surface area contributed by atoms with Crippen LogP contribution in [0.15, 0.2) is 29.3 Å². The third kappa shape index (κ3) is 3.77. The summed E-state index contributed by atoms with van der Waals surface area (Å²) in [5, 5.41) is 0.196. The first-order valence-electron chi connectivity index (χ1n) is 7.95. The molecule has 0 spiro atoms. The topological polar surface area (TPSA) is 72.0 Å². The van der Waals surface area contributed by atoms with Crippen molar-refractivity contribution in [2.45, 2.75) is 50.5 Å². The molecule has 0 amide bonds. The minimum atomic E-state index is -3.49. The van der Waals surface area contributed by atoms with Crippen molar-refractivity contribution in [3.8, 4) is 0 Å². The Morgan fingerprint density at radius 1 is 1.25 bits per heavy atom. The first-order chi connectivity index (χ1) is 11.3.